The highest BCUT2D eigenvalue weighted by Crippen LogP contribution is 2.33. The lowest BCUT2D eigenvalue weighted by atomic mass is 9.87. The van der Waals surface area contributed by atoms with Gasteiger partial charge in [-0.25, -0.2) is 9.59 Å². The fourth-order valence-electron chi connectivity index (χ4n) is 2.64. The van der Waals surface area contributed by atoms with Gasteiger partial charge in [-0.15, -0.1) is 11.3 Å². The first-order valence-corrected chi connectivity index (χ1v) is 7.96. The molecule has 0 radical (unpaired) electrons. The van der Waals surface area contributed by atoms with E-state index in [9.17, 15) is 14.7 Å². The van der Waals surface area contributed by atoms with Crippen molar-refractivity contribution < 1.29 is 14.7 Å². The van der Waals surface area contributed by atoms with E-state index in [4.69, 9.17) is 0 Å². The van der Waals surface area contributed by atoms with Crippen molar-refractivity contribution in [2.45, 2.75) is 46.2 Å². The van der Waals surface area contributed by atoms with Crippen molar-refractivity contribution in [2.24, 2.45) is 5.41 Å². The molecule has 5 nitrogen and oxygen atoms in total. The Morgan fingerprint density at radius 1 is 1.48 bits per heavy atom. The third kappa shape index (κ3) is 3.20. The average Bonchev–Trinajstić information content (AvgIpc) is 2.83. The number of hydrogen-bond acceptors (Lipinski definition) is 3. The number of nitrogens with zero attached hydrogens (tertiary/aromatic N) is 1. The lowest BCUT2D eigenvalue weighted by Gasteiger charge is -2.36. The summed E-state index contributed by atoms with van der Waals surface area (Å²) >= 11 is 1.71. The molecule has 21 heavy (non-hydrogen) atoms. The molecular formula is C15H22N2O3S. The Morgan fingerprint density at radius 2 is 2.14 bits per heavy atom. The zero-order chi connectivity index (χ0) is 15.8. The molecular weight excluding hydrogens is 288 g/mol. The normalized spacial score (nSPS) is 19.8. The van der Waals surface area contributed by atoms with E-state index < -0.39 is 17.4 Å². The van der Waals surface area contributed by atoms with Crippen LogP contribution in [0.4, 0.5) is 4.79 Å². The standard InChI is InChI=1S/C15H22N2O3S/c1-9-10-6-8-21-11(10)5-7-17(9)14(20)16-12(13(18)19)15(2,3)4/h6,8-9,12H,5,7H2,1-4H3,(H,16,20)(H,18,19)/t9?,12-/m1/s1. The molecule has 1 aliphatic rings. The highest BCUT2D eigenvalue weighted by molar-refractivity contribution is 7.10. The van der Waals surface area contributed by atoms with Gasteiger partial charge in [0.2, 0.25) is 0 Å². The lowest BCUT2D eigenvalue weighted by Crippen LogP contribution is -2.54. The molecule has 1 aliphatic heterocycles. The third-order valence-corrected chi connectivity index (χ3v) is 4.92. The number of thiophene rings is 1. The molecule has 1 unspecified atom stereocenters. The number of rotatable bonds is 2. The van der Waals surface area contributed by atoms with Gasteiger partial charge < -0.3 is 15.3 Å². The quantitative estimate of drug-likeness (QED) is 0.882. The summed E-state index contributed by atoms with van der Waals surface area (Å²) in [7, 11) is 0. The van der Waals surface area contributed by atoms with Crippen molar-refractivity contribution in [3.63, 3.8) is 0 Å². The zero-order valence-electron chi connectivity index (χ0n) is 12.8. The number of carbonyl (C=O) groups is 2. The summed E-state index contributed by atoms with van der Waals surface area (Å²) in [5.74, 6) is -1.00. The highest BCUT2D eigenvalue weighted by Gasteiger charge is 2.36. The molecule has 0 bridgehead atoms. The van der Waals surface area contributed by atoms with E-state index in [1.165, 1.54) is 10.4 Å². The zero-order valence-corrected chi connectivity index (χ0v) is 13.7. The summed E-state index contributed by atoms with van der Waals surface area (Å²) in [6.07, 6.45) is 0.831. The number of carboxylic acids is 1. The van der Waals surface area contributed by atoms with Crippen LogP contribution in [0.1, 0.15) is 44.2 Å². The van der Waals surface area contributed by atoms with Crippen LogP contribution in [0.3, 0.4) is 0 Å². The smallest absolute Gasteiger partial charge is 0.326 e. The molecule has 0 saturated carbocycles. The van der Waals surface area contributed by atoms with E-state index in [0.717, 1.165) is 6.42 Å². The second-order valence-corrected chi connectivity index (χ2v) is 7.51. The monoisotopic (exact) mass is 310 g/mol. The van der Waals surface area contributed by atoms with Crippen molar-refractivity contribution in [1.82, 2.24) is 10.2 Å². The summed E-state index contributed by atoms with van der Waals surface area (Å²) in [6.45, 7) is 8.03. The van der Waals surface area contributed by atoms with E-state index in [1.54, 1.807) is 16.2 Å². The maximum atomic E-state index is 12.5. The van der Waals surface area contributed by atoms with E-state index in [0.29, 0.717) is 6.54 Å². The molecule has 0 aliphatic carbocycles. The van der Waals surface area contributed by atoms with Crippen LogP contribution in [0.25, 0.3) is 0 Å². The van der Waals surface area contributed by atoms with Crippen LogP contribution in [0.15, 0.2) is 11.4 Å². The number of fused-ring (bicyclic) bond motifs is 1. The molecule has 6 heteroatoms. The number of amides is 2. The molecule has 0 saturated heterocycles. The van der Waals surface area contributed by atoms with E-state index >= 15 is 0 Å². The van der Waals surface area contributed by atoms with Crippen molar-refractivity contribution in [3.8, 4) is 0 Å². The molecule has 116 valence electrons. The molecule has 2 rings (SSSR count). The number of carboxylic acid groups (broad SMARTS) is 1. The molecule has 1 aromatic rings. The first kappa shape index (κ1) is 15.8. The minimum Gasteiger partial charge on any atom is -0.480 e. The topological polar surface area (TPSA) is 69.6 Å². The Balaban J connectivity index is 2.12. The molecule has 1 aromatic heterocycles. The molecule has 2 N–H and O–H groups in total. The van der Waals surface area contributed by atoms with Crippen molar-refractivity contribution in [1.29, 1.82) is 0 Å². The van der Waals surface area contributed by atoms with Crippen molar-refractivity contribution in [3.05, 3.63) is 21.9 Å². The van der Waals surface area contributed by atoms with Gasteiger partial charge in [-0.05, 0) is 35.8 Å². The second-order valence-electron chi connectivity index (χ2n) is 6.51. The maximum absolute atomic E-state index is 12.5. The fourth-order valence-corrected chi connectivity index (χ4v) is 3.60. The number of nitrogens with one attached hydrogen (secondary N) is 1. The van der Waals surface area contributed by atoms with E-state index in [-0.39, 0.29) is 12.1 Å². The van der Waals surface area contributed by atoms with E-state index in [1.807, 2.05) is 39.1 Å². The largest absolute Gasteiger partial charge is 0.480 e. The van der Waals surface area contributed by atoms with Gasteiger partial charge in [0.05, 0.1) is 6.04 Å². The SMILES string of the molecule is CC1c2ccsc2CCN1C(=O)N[C@H](C(=O)O)C(C)(C)C. The summed E-state index contributed by atoms with van der Waals surface area (Å²) in [5.41, 5.74) is 0.637. The Bertz CT molecular complexity index is 547. The minimum atomic E-state index is -1.00. The minimum absolute atomic E-state index is 0.0191. The van der Waals surface area contributed by atoms with Gasteiger partial charge in [-0.3, -0.25) is 0 Å². The summed E-state index contributed by atoms with van der Waals surface area (Å²) in [6, 6.07) is 0.819. The van der Waals surface area contributed by atoms with Gasteiger partial charge in [0.1, 0.15) is 6.04 Å². The van der Waals surface area contributed by atoms with Gasteiger partial charge in [0, 0.05) is 11.4 Å². The van der Waals surface area contributed by atoms with Gasteiger partial charge in [-0.2, -0.15) is 0 Å². The molecule has 0 spiro atoms. The van der Waals surface area contributed by atoms with Gasteiger partial charge in [0.25, 0.3) is 0 Å². The van der Waals surface area contributed by atoms with Crippen LogP contribution in [0, 0.1) is 5.41 Å². The summed E-state index contributed by atoms with van der Waals surface area (Å²) < 4.78 is 0. The highest BCUT2D eigenvalue weighted by atomic mass is 32.1. The van der Waals surface area contributed by atoms with Crippen molar-refractivity contribution >= 4 is 23.3 Å². The third-order valence-electron chi connectivity index (χ3n) is 3.92. The predicted octanol–water partition coefficient (Wildman–Crippen LogP) is 2.88. The number of hydrogen-bond donors (Lipinski definition) is 2. The molecule has 0 fully saturated rings. The Labute approximate surface area is 129 Å². The fraction of sp³-hybridized carbons (Fsp3) is 0.600. The number of urea groups is 1. The molecule has 0 aromatic carbocycles. The predicted molar refractivity (Wildman–Crippen MR) is 82.6 cm³/mol. The molecule has 2 atom stereocenters. The van der Waals surface area contributed by atoms with Crippen LogP contribution < -0.4 is 5.32 Å². The number of carbonyl (C=O) groups excluding carboxylic acids is 1. The maximum Gasteiger partial charge on any atom is 0.326 e. The van der Waals surface area contributed by atoms with Crippen LogP contribution in [0.5, 0.6) is 0 Å². The first-order chi connectivity index (χ1) is 9.71. The second kappa shape index (κ2) is 5.67. The number of aliphatic carboxylic acids is 1. The van der Waals surface area contributed by atoms with Crippen LogP contribution in [-0.4, -0.2) is 34.6 Å². The summed E-state index contributed by atoms with van der Waals surface area (Å²) in [4.78, 5) is 26.9. The Kier molecular flexibility index (Phi) is 4.27. The van der Waals surface area contributed by atoms with E-state index in [2.05, 4.69) is 5.32 Å². The van der Waals surface area contributed by atoms with Gasteiger partial charge >= 0.3 is 12.0 Å². The van der Waals surface area contributed by atoms with Crippen LogP contribution in [-0.2, 0) is 11.2 Å². The lowest BCUT2D eigenvalue weighted by molar-refractivity contribution is -0.142. The Morgan fingerprint density at radius 3 is 2.71 bits per heavy atom. The van der Waals surface area contributed by atoms with Crippen molar-refractivity contribution in [2.75, 3.05) is 6.54 Å². The Hall–Kier alpha value is -1.56. The van der Waals surface area contributed by atoms with Gasteiger partial charge in [-0.1, -0.05) is 20.8 Å². The molecule has 2 amide bonds. The summed E-state index contributed by atoms with van der Waals surface area (Å²) in [5, 5.41) is 14.0. The van der Waals surface area contributed by atoms with Crippen LogP contribution in [0.2, 0.25) is 0 Å². The molecule has 2 heterocycles. The average molecular weight is 310 g/mol. The van der Waals surface area contributed by atoms with Gasteiger partial charge in [0.15, 0.2) is 0 Å². The van der Waals surface area contributed by atoms with Crippen LogP contribution >= 0.6 is 11.3 Å². The first-order valence-electron chi connectivity index (χ1n) is 7.08.